The molecule has 0 spiro atoms. The molecule has 8 nitrogen and oxygen atoms in total. The van der Waals surface area contributed by atoms with E-state index in [0.29, 0.717) is 17.7 Å². The molecule has 1 aromatic carbocycles. The monoisotopic (exact) mass is 428 g/mol. The quantitative estimate of drug-likeness (QED) is 0.513. The maximum atomic E-state index is 5.55. The van der Waals surface area contributed by atoms with E-state index < -0.39 is 0 Å². The Balaban J connectivity index is 1.57. The van der Waals surface area contributed by atoms with E-state index in [4.69, 9.17) is 19.4 Å². The molecule has 0 saturated heterocycles. The number of para-hydroxylation sites is 1. The molecule has 0 saturated carbocycles. The Labute approximate surface area is 186 Å². The van der Waals surface area contributed by atoms with Gasteiger partial charge in [0, 0.05) is 48.4 Å². The van der Waals surface area contributed by atoms with Gasteiger partial charge >= 0.3 is 0 Å². The Hall–Kier alpha value is -3.78. The van der Waals surface area contributed by atoms with E-state index in [-0.39, 0.29) is 0 Å². The summed E-state index contributed by atoms with van der Waals surface area (Å²) in [5.41, 5.74) is 5.62. The minimum atomic E-state index is 0.469. The molecule has 0 fully saturated rings. The van der Waals surface area contributed by atoms with Crippen LogP contribution in [-0.4, -0.2) is 52.6 Å². The molecule has 8 heteroatoms. The molecule has 4 heterocycles. The molecule has 5 rings (SSSR count). The first-order chi connectivity index (χ1) is 15.7. The SMILES string of the molecule is COc1nc2c(cc1Nc1ncc3cccc(-c4cccnc4OC)c3n1)CN(C)CC2. The number of aromatic nitrogens is 4. The first-order valence-corrected chi connectivity index (χ1v) is 10.4. The maximum absolute atomic E-state index is 5.55. The zero-order chi connectivity index (χ0) is 22.1. The van der Waals surface area contributed by atoms with Gasteiger partial charge in [0.05, 0.1) is 25.4 Å². The number of rotatable bonds is 5. The van der Waals surface area contributed by atoms with Crippen molar-refractivity contribution in [1.82, 2.24) is 24.8 Å². The van der Waals surface area contributed by atoms with Crippen molar-refractivity contribution >= 4 is 22.5 Å². The smallest absolute Gasteiger partial charge is 0.237 e. The number of likely N-dealkylation sites (N-methyl/N-ethyl adjacent to an activating group) is 1. The summed E-state index contributed by atoms with van der Waals surface area (Å²) in [6.07, 6.45) is 4.43. The van der Waals surface area contributed by atoms with Gasteiger partial charge in [0.2, 0.25) is 17.7 Å². The predicted molar refractivity (Wildman–Crippen MR) is 123 cm³/mol. The minimum absolute atomic E-state index is 0.469. The molecule has 32 heavy (non-hydrogen) atoms. The number of ether oxygens (including phenoxy) is 2. The Morgan fingerprint density at radius 1 is 0.969 bits per heavy atom. The average molecular weight is 428 g/mol. The molecule has 1 N–H and O–H groups in total. The van der Waals surface area contributed by atoms with E-state index in [9.17, 15) is 0 Å². The van der Waals surface area contributed by atoms with Crippen molar-refractivity contribution in [3.05, 3.63) is 60.0 Å². The minimum Gasteiger partial charge on any atom is -0.481 e. The Morgan fingerprint density at radius 3 is 2.66 bits per heavy atom. The summed E-state index contributed by atoms with van der Waals surface area (Å²) in [5, 5.41) is 4.24. The lowest BCUT2D eigenvalue weighted by atomic mass is 10.0. The Bertz CT molecular complexity index is 1290. The Kier molecular flexibility index (Phi) is 5.28. The molecular weight excluding hydrogens is 404 g/mol. The molecule has 0 radical (unpaired) electrons. The first kappa shape index (κ1) is 20.1. The van der Waals surface area contributed by atoms with Gasteiger partial charge in [0.1, 0.15) is 5.69 Å². The normalized spacial score (nSPS) is 13.6. The van der Waals surface area contributed by atoms with Crippen LogP contribution in [0, 0.1) is 0 Å². The number of methoxy groups -OCH3 is 2. The van der Waals surface area contributed by atoms with Crippen molar-refractivity contribution in [2.24, 2.45) is 0 Å². The number of fused-ring (bicyclic) bond motifs is 2. The van der Waals surface area contributed by atoms with Crippen LogP contribution in [0.25, 0.3) is 22.0 Å². The molecule has 1 aliphatic heterocycles. The fourth-order valence-electron chi connectivity index (χ4n) is 4.05. The van der Waals surface area contributed by atoms with Crippen molar-refractivity contribution < 1.29 is 9.47 Å². The number of hydrogen-bond donors (Lipinski definition) is 1. The van der Waals surface area contributed by atoms with E-state index >= 15 is 0 Å². The third kappa shape index (κ3) is 3.69. The topological polar surface area (TPSA) is 85.3 Å². The van der Waals surface area contributed by atoms with Crippen molar-refractivity contribution in [1.29, 1.82) is 0 Å². The second kappa shape index (κ2) is 8.39. The van der Waals surface area contributed by atoms with E-state index in [1.165, 1.54) is 5.56 Å². The molecule has 0 unspecified atom stereocenters. The summed E-state index contributed by atoms with van der Waals surface area (Å²) in [6, 6.07) is 11.9. The zero-order valence-corrected chi connectivity index (χ0v) is 18.3. The highest BCUT2D eigenvalue weighted by atomic mass is 16.5. The molecule has 4 aromatic rings. The van der Waals surface area contributed by atoms with Gasteiger partial charge in [0.25, 0.3) is 0 Å². The van der Waals surface area contributed by atoms with Gasteiger partial charge in [-0.15, -0.1) is 0 Å². The number of nitrogens with one attached hydrogen (secondary N) is 1. The standard InChI is InChI=1S/C24H24N6O2/c1-30-11-9-19-16(14-30)12-20(23(27-19)32-3)28-24-26-13-15-6-4-7-17(21(15)29-24)18-8-5-10-25-22(18)31-2/h4-8,10,12-13H,9,11,14H2,1-3H3,(H,26,28,29). The predicted octanol–water partition coefficient (Wildman–Crippen LogP) is 3.84. The summed E-state index contributed by atoms with van der Waals surface area (Å²) >= 11 is 0. The lowest BCUT2D eigenvalue weighted by molar-refractivity contribution is 0.307. The van der Waals surface area contributed by atoms with Crippen LogP contribution < -0.4 is 14.8 Å². The largest absolute Gasteiger partial charge is 0.481 e. The van der Waals surface area contributed by atoms with E-state index in [0.717, 1.165) is 52.9 Å². The summed E-state index contributed by atoms with van der Waals surface area (Å²) in [4.78, 5) is 20.7. The lowest BCUT2D eigenvalue weighted by Gasteiger charge is -2.25. The van der Waals surface area contributed by atoms with Crippen molar-refractivity contribution in [2.75, 3.05) is 33.1 Å². The fourth-order valence-corrected chi connectivity index (χ4v) is 4.05. The average Bonchev–Trinajstić information content (AvgIpc) is 2.83. The van der Waals surface area contributed by atoms with Gasteiger partial charge in [-0.25, -0.2) is 19.9 Å². The van der Waals surface area contributed by atoms with E-state index in [1.54, 1.807) is 20.4 Å². The number of hydrogen-bond acceptors (Lipinski definition) is 8. The molecule has 0 atom stereocenters. The first-order valence-electron chi connectivity index (χ1n) is 10.4. The van der Waals surface area contributed by atoms with Gasteiger partial charge in [-0.05, 0) is 30.8 Å². The lowest BCUT2D eigenvalue weighted by Crippen LogP contribution is -2.27. The van der Waals surface area contributed by atoms with Crippen LogP contribution in [0.5, 0.6) is 11.8 Å². The molecule has 3 aromatic heterocycles. The Morgan fingerprint density at radius 2 is 1.81 bits per heavy atom. The van der Waals surface area contributed by atoms with Gasteiger partial charge in [-0.3, -0.25) is 0 Å². The fraction of sp³-hybridized carbons (Fsp3) is 0.250. The molecule has 0 bridgehead atoms. The molecule has 1 aliphatic rings. The van der Waals surface area contributed by atoms with Gasteiger partial charge in [-0.1, -0.05) is 18.2 Å². The zero-order valence-electron chi connectivity index (χ0n) is 18.3. The second-order valence-electron chi connectivity index (χ2n) is 7.76. The van der Waals surface area contributed by atoms with E-state index in [2.05, 4.69) is 33.3 Å². The highest BCUT2D eigenvalue weighted by molar-refractivity contribution is 5.95. The van der Waals surface area contributed by atoms with Crippen molar-refractivity contribution in [3.8, 4) is 22.9 Å². The van der Waals surface area contributed by atoms with Crippen molar-refractivity contribution in [3.63, 3.8) is 0 Å². The van der Waals surface area contributed by atoms with Gasteiger partial charge in [0.15, 0.2) is 0 Å². The number of anilines is 2. The van der Waals surface area contributed by atoms with Gasteiger partial charge in [-0.2, -0.15) is 0 Å². The third-order valence-electron chi connectivity index (χ3n) is 5.63. The van der Waals surface area contributed by atoms with Crippen LogP contribution >= 0.6 is 0 Å². The van der Waals surface area contributed by atoms with Crippen LogP contribution in [0.15, 0.2) is 48.8 Å². The number of benzene rings is 1. The van der Waals surface area contributed by atoms with Crippen molar-refractivity contribution in [2.45, 2.75) is 13.0 Å². The van der Waals surface area contributed by atoms with E-state index in [1.807, 2.05) is 36.5 Å². The summed E-state index contributed by atoms with van der Waals surface area (Å²) < 4.78 is 11.0. The van der Waals surface area contributed by atoms with Crippen LogP contribution in [0.3, 0.4) is 0 Å². The summed E-state index contributed by atoms with van der Waals surface area (Å²) in [7, 11) is 5.36. The highest BCUT2D eigenvalue weighted by Crippen LogP contribution is 2.34. The third-order valence-corrected chi connectivity index (χ3v) is 5.63. The van der Waals surface area contributed by atoms with Crippen LogP contribution in [0.4, 0.5) is 11.6 Å². The maximum Gasteiger partial charge on any atom is 0.237 e. The second-order valence-corrected chi connectivity index (χ2v) is 7.76. The highest BCUT2D eigenvalue weighted by Gasteiger charge is 2.19. The van der Waals surface area contributed by atoms with Crippen LogP contribution in [-0.2, 0) is 13.0 Å². The number of nitrogens with zero attached hydrogens (tertiary/aromatic N) is 5. The van der Waals surface area contributed by atoms with Gasteiger partial charge < -0.3 is 19.7 Å². The summed E-state index contributed by atoms with van der Waals surface area (Å²) in [6.45, 7) is 1.84. The molecular formula is C24H24N6O2. The molecule has 162 valence electrons. The summed E-state index contributed by atoms with van der Waals surface area (Å²) in [5.74, 6) is 1.56. The molecule has 0 aliphatic carbocycles. The van der Waals surface area contributed by atoms with Crippen LogP contribution in [0.1, 0.15) is 11.3 Å². The number of pyridine rings is 2. The molecule has 0 amide bonds. The van der Waals surface area contributed by atoms with Crippen LogP contribution in [0.2, 0.25) is 0 Å².